The average Bonchev–Trinajstić information content (AvgIpc) is 2.90. The molecule has 27 heavy (non-hydrogen) atoms. The van der Waals surface area contributed by atoms with Crippen molar-refractivity contribution in [1.82, 2.24) is 19.8 Å². The van der Waals surface area contributed by atoms with Crippen molar-refractivity contribution in [1.29, 1.82) is 0 Å². The summed E-state index contributed by atoms with van der Waals surface area (Å²) in [4.78, 5) is 46.8. The zero-order valence-electron chi connectivity index (χ0n) is 14.6. The molecule has 1 aromatic carbocycles. The molecule has 8 heteroatoms. The molecule has 1 aliphatic rings. The van der Waals surface area contributed by atoms with Gasteiger partial charge in [-0.25, -0.2) is 4.79 Å². The fourth-order valence-corrected chi connectivity index (χ4v) is 3.24. The Morgan fingerprint density at radius 3 is 2.52 bits per heavy atom. The lowest BCUT2D eigenvalue weighted by atomic mass is 10.1. The van der Waals surface area contributed by atoms with E-state index in [0.717, 1.165) is 0 Å². The molecule has 0 radical (unpaired) electrons. The molecular weight excluding hydrogens is 348 g/mol. The monoisotopic (exact) mass is 366 g/mol. The minimum atomic E-state index is -0.548. The molecule has 0 bridgehead atoms. The van der Waals surface area contributed by atoms with Crippen LogP contribution in [-0.2, 0) is 0 Å². The van der Waals surface area contributed by atoms with Crippen LogP contribution in [0.15, 0.2) is 51.8 Å². The van der Waals surface area contributed by atoms with E-state index >= 15 is 0 Å². The highest BCUT2D eigenvalue weighted by molar-refractivity contribution is 5.97. The Balaban J connectivity index is 1.47. The molecule has 138 valence electrons. The molecule has 1 saturated heterocycles. The molecule has 8 nitrogen and oxygen atoms in total. The Morgan fingerprint density at radius 2 is 1.78 bits per heavy atom. The molecule has 0 spiro atoms. The van der Waals surface area contributed by atoms with E-state index in [-0.39, 0.29) is 11.8 Å². The topological polar surface area (TPSA) is 99.5 Å². The molecule has 2 aromatic heterocycles. The number of hydrogen-bond donors (Lipinski definition) is 1. The molecule has 1 fully saturated rings. The number of amides is 2. The van der Waals surface area contributed by atoms with Crippen LogP contribution in [0.3, 0.4) is 0 Å². The second kappa shape index (κ2) is 7.06. The van der Waals surface area contributed by atoms with Gasteiger partial charge in [0, 0.05) is 37.9 Å². The van der Waals surface area contributed by atoms with Crippen LogP contribution in [0, 0.1) is 0 Å². The maximum atomic E-state index is 12.8. The lowest BCUT2D eigenvalue weighted by Crippen LogP contribution is -2.37. The largest absolute Gasteiger partial charge is 0.417 e. The van der Waals surface area contributed by atoms with Crippen LogP contribution in [0.1, 0.15) is 27.3 Å². The number of H-pyrrole nitrogens is 1. The summed E-state index contributed by atoms with van der Waals surface area (Å²) in [7, 11) is 0. The van der Waals surface area contributed by atoms with E-state index in [1.807, 2.05) is 0 Å². The molecule has 2 amide bonds. The molecule has 0 saturated carbocycles. The molecule has 1 N–H and O–H groups in total. The van der Waals surface area contributed by atoms with Crippen molar-refractivity contribution < 1.29 is 14.0 Å². The Kier molecular flexibility index (Phi) is 4.45. The van der Waals surface area contributed by atoms with Gasteiger partial charge in [0.05, 0.1) is 5.52 Å². The van der Waals surface area contributed by atoms with E-state index in [4.69, 9.17) is 4.42 Å². The predicted molar refractivity (Wildman–Crippen MR) is 97.5 cm³/mol. The normalized spacial score (nSPS) is 15.0. The highest BCUT2D eigenvalue weighted by Gasteiger charge is 2.24. The number of carbonyl (C=O) groups excluding carboxylic acids is 2. The summed E-state index contributed by atoms with van der Waals surface area (Å²) >= 11 is 0. The van der Waals surface area contributed by atoms with Crippen LogP contribution >= 0.6 is 0 Å². The molecule has 3 aromatic rings. The Hall–Kier alpha value is -3.42. The lowest BCUT2D eigenvalue weighted by Gasteiger charge is -2.22. The lowest BCUT2D eigenvalue weighted by molar-refractivity contribution is 0.0716. The van der Waals surface area contributed by atoms with Crippen molar-refractivity contribution in [2.75, 3.05) is 26.2 Å². The molecule has 0 unspecified atom stereocenters. The summed E-state index contributed by atoms with van der Waals surface area (Å²) in [6.07, 6.45) is 2.28. The fraction of sp³-hybridized carbons (Fsp3) is 0.263. The van der Waals surface area contributed by atoms with Crippen molar-refractivity contribution in [3.8, 4) is 0 Å². The predicted octanol–water partition coefficient (Wildman–Crippen LogP) is 1.50. The summed E-state index contributed by atoms with van der Waals surface area (Å²) < 4.78 is 5.03. The maximum absolute atomic E-state index is 12.8. The van der Waals surface area contributed by atoms with E-state index in [2.05, 4.69) is 9.97 Å². The van der Waals surface area contributed by atoms with Crippen LogP contribution in [0.25, 0.3) is 11.1 Å². The van der Waals surface area contributed by atoms with Gasteiger partial charge in [0.2, 0.25) is 0 Å². The number of nitrogens with one attached hydrogen (secondary N) is 1. The first-order chi connectivity index (χ1) is 13.1. The fourth-order valence-electron chi connectivity index (χ4n) is 3.24. The zero-order valence-corrected chi connectivity index (χ0v) is 14.6. The number of aromatic amines is 1. The number of hydrogen-bond acceptors (Lipinski definition) is 5. The molecule has 3 heterocycles. The first-order valence-corrected chi connectivity index (χ1v) is 8.74. The third kappa shape index (κ3) is 3.46. The summed E-state index contributed by atoms with van der Waals surface area (Å²) in [5, 5.41) is 0. The van der Waals surface area contributed by atoms with Crippen molar-refractivity contribution >= 4 is 22.9 Å². The zero-order chi connectivity index (χ0) is 18.8. The number of oxazole rings is 1. The highest BCUT2D eigenvalue weighted by atomic mass is 16.4. The maximum Gasteiger partial charge on any atom is 0.417 e. The van der Waals surface area contributed by atoms with Crippen molar-refractivity contribution in [2.24, 2.45) is 0 Å². The molecule has 0 atom stereocenters. The van der Waals surface area contributed by atoms with Gasteiger partial charge in [-0.3, -0.25) is 19.6 Å². The number of benzene rings is 1. The third-order valence-corrected chi connectivity index (χ3v) is 4.62. The van der Waals surface area contributed by atoms with Gasteiger partial charge in [-0.15, -0.1) is 0 Å². The van der Waals surface area contributed by atoms with Crippen molar-refractivity contribution in [3.63, 3.8) is 0 Å². The molecular formula is C19H18N4O4. The number of carbonyl (C=O) groups is 2. The van der Waals surface area contributed by atoms with E-state index < -0.39 is 5.76 Å². The van der Waals surface area contributed by atoms with Gasteiger partial charge < -0.3 is 14.2 Å². The van der Waals surface area contributed by atoms with Gasteiger partial charge in [0.25, 0.3) is 11.8 Å². The average molecular weight is 366 g/mol. The van der Waals surface area contributed by atoms with Gasteiger partial charge in [-0.2, -0.15) is 0 Å². The number of rotatable bonds is 2. The number of aromatic nitrogens is 2. The van der Waals surface area contributed by atoms with Gasteiger partial charge in [0.15, 0.2) is 5.58 Å². The second-order valence-corrected chi connectivity index (χ2v) is 6.38. The number of fused-ring (bicyclic) bond motifs is 1. The SMILES string of the molecule is O=C(c1ccc2[nH]c(=O)oc2c1)N1CCCN(C(=O)c2ccccn2)CC1. The van der Waals surface area contributed by atoms with E-state index in [1.54, 1.807) is 52.4 Å². The Bertz CT molecular complexity index is 1040. The minimum absolute atomic E-state index is 0.125. The first kappa shape index (κ1) is 17.0. The Morgan fingerprint density at radius 1 is 1.00 bits per heavy atom. The second-order valence-electron chi connectivity index (χ2n) is 6.38. The standard InChI is InChI=1S/C19H18N4O4/c24-17(13-5-6-14-16(12-13)27-19(26)21-14)22-8-3-9-23(11-10-22)18(25)15-4-1-2-7-20-15/h1-2,4-7,12H,3,8-11H2,(H,21,26). The number of pyridine rings is 1. The van der Waals surface area contributed by atoms with Gasteiger partial charge in [-0.05, 0) is 36.8 Å². The van der Waals surface area contributed by atoms with Crippen LogP contribution in [-0.4, -0.2) is 57.8 Å². The van der Waals surface area contributed by atoms with Crippen LogP contribution in [0.5, 0.6) is 0 Å². The molecule has 1 aliphatic heterocycles. The van der Waals surface area contributed by atoms with Crippen molar-refractivity contribution in [3.05, 3.63) is 64.4 Å². The quantitative estimate of drug-likeness (QED) is 0.741. The van der Waals surface area contributed by atoms with Gasteiger partial charge in [-0.1, -0.05) is 6.07 Å². The summed E-state index contributed by atoms with van der Waals surface area (Å²) in [6.45, 7) is 2.01. The van der Waals surface area contributed by atoms with E-state index in [0.29, 0.717) is 55.0 Å². The smallest absolute Gasteiger partial charge is 0.408 e. The Labute approximate surface area is 154 Å². The van der Waals surface area contributed by atoms with Gasteiger partial charge >= 0.3 is 5.76 Å². The number of nitrogens with zero attached hydrogens (tertiary/aromatic N) is 3. The third-order valence-electron chi connectivity index (χ3n) is 4.62. The van der Waals surface area contributed by atoms with Crippen molar-refractivity contribution in [2.45, 2.75) is 6.42 Å². The van der Waals surface area contributed by atoms with E-state index in [1.165, 1.54) is 0 Å². The molecule has 0 aliphatic carbocycles. The summed E-state index contributed by atoms with van der Waals surface area (Å²) in [6, 6.07) is 10.1. The van der Waals surface area contributed by atoms with E-state index in [9.17, 15) is 14.4 Å². The van der Waals surface area contributed by atoms with Crippen LogP contribution in [0.2, 0.25) is 0 Å². The molecule has 4 rings (SSSR count). The van der Waals surface area contributed by atoms with Crippen LogP contribution < -0.4 is 5.76 Å². The summed E-state index contributed by atoms with van der Waals surface area (Å²) in [5.41, 5.74) is 1.77. The van der Waals surface area contributed by atoms with Crippen LogP contribution in [0.4, 0.5) is 0 Å². The highest BCUT2D eigenvalue weighted by Crippen LogP contribution is 2.16. The first-order valence-electron chi connectivity index (χ1n) is 8.74. The van der Waals surface area contributed by atoms with Gasteiger partial charge in [0.1, 0.15) is 5.69 Å². The minimum Gasteiger partial charge on any atom is -0.408 e. The summed E-state index contributed by atoms with van der Waals surface area (Å²) in [5.74, 6) is -0.818.